The predicted octanol–water partition coefficient (Wildman–Crippen LogP) is 5.02. The van der Waals surface area contributed by atoms with Crippen molar-refractivity contribution in [3.05, 3.63) is 66.2 Å². The minimum Gasteiger partial charge on any atom is -0.497 e. The Balaban J connectivity index is 1.86. The van der Waals surface area contributed by atoms with E-state index in [2.05, 4.69) is 17.6 Å². The summed E-state index contributed by atoms with van der Waals surface area (Å²) < 4.78 is 5.09. The van der Waals surface area contributed by atoms with E-state index >= 15 is 0 Å². The third-order valence-corrected chi connectivity index (χ3v) is 4.01. The second-order valence-electron chi connectivity index (χ2n) is 6.15. The highest BCUT2D eigenvalue weighted by molar-refractivity contribution is 6.05. The molecule has 0 fully saturated rings. The number of unbranched alkanes of at least 4 members (excludes halogenated alkanes) is 3. The molecular formula is C22H26N2O3. The van der Waals surface area contributed by atoms with Crippen LogP contribution in [0.25, 0.3) is 0 Å². The first-order valence-electron chi connectivity index (χ1n) is 9.15. The third-order valence-electron chi connectivity index (χ3n) is 4.01. The minimum absolute atomic E-state index is 0.165. The minimum atomic E-state index is -0.214. The standard InChI is InChI=1S/C22H26N2O3/c1-3-4-5-6-7-8-21(25)23-18-11-9-17(10-12-18)22(26)24-19-13-15-20(27-2)16-14-19/h7-16H,3-6H2,1-2H3,(H,23,25)(H,24,26)/b8-7+. The Morgan fingerprint density at radius 1 is 0.926 bits per heavy atom. The van der Waals surface area contributed by atoms with Gasteiger partial charge < -0.3 is 15.4 Å². The quantitative estimate of drug-likeness (QED) is 0.483. The molecule has 0 saturated heterocycles. The van der Waals surface area contributed by atoms with E-state index in [9.17, 15) is 9.59 Å². The number of carbonyl (C=O) groups is 2. The Morgan fingerprint density at radius 2 is 1.56 bits per heavy atom. The van der Waals surface area contributed by atoms with E-state index < -0.39 is 0 Å². The van der Waals surface area contributed by atoms with Gasteiger partial charge in [-0.05, 0) is 67.4 Å². The summed E-state index contributed by atoms with van der Waals surface area (Å²) in [7, 11) is 1.59. The van der Waals surface area contributed by atoms with Crippen molar-refractivity contribution in [1.82, 2.24) is 0 Å². The summed E-state index contributed by atoms with van der Waals surface area (Å²) in [4.78, 5) is 24.2. The van der Waals surface area contributed by atoms with Crippen molar-refractivity contribution in [2.24, 2.45) is 0 Å². The van der Waals surface area contributed by atoms with Crippen molar-refractivity contribution in [1.29, 1.82) is 0 Å². The lowest BCUT2D eigenvalue weighted by atomic mass is 10.2. The Labute approximate surface area is 160 Å². The molecule has 0 heterocycles. The second kappa shape index (κ2) is 10.8. The van der Waals surface area contributed by atoms with Crippen LogP contribution < -0.4 is 15.4 Å². The molecule has 0 unspecified atom stereocenters. The number of ether oxygens (including phenoxy) is 1. The van der Waals surface area contributed by atoms with Gasteiger partial charge in [0.1, 0.15) is 5.75 Å². The highest BCUT2D eigenvalue weighted by atomic mass is 16.5. The largest absolute Gasteiger partial charge is 0.497 e. The molecule has 2 N–H and O–H groups in total. The van der Waals surface area contributed by atoms with Crippen molar-refractivity contribution in [3.8, 4) is 5.75 Å². The predicted molar refractivity (Wildman–Crippen MR) is 109 cm³/mol. The van der Waals surface area contributed by atoms with Crippen LogP contribution in [0.15, 0.2) is 60.7 Å². The number of methoxy groups -OCH3 is 1. The van der Waals surface area contributed by atoms with E-state index in [1.54, 1.807) is 61.7 Å². The summed E-state index contributed by atoms with van der Waals surface area (Å²) in [6, 6.07) is 13.9. The van der Waals surface area contributed by atoms with Crippen LogP contribution in [0.1, 0.15) is 43.0 Å². The molecule has 0 saturated carbocycles. The van der Waals surface area contributed by atoms with Crippen LogP contribution in [-0.4, -0.2) is 18.9 Å². The normalized spacial score (nSPS) is 10.6. The SMILES string of the molecule is CCCCC/C=C/C(=O)Nc1ccc(C(=O)Nc2ccc(OC)cc2)cc1. The van der Waals surface area contributed by atoms with E-state index in [1.165, 1.54) is 12.8 Å². The molecule has 0 bridgehead atoms. The van der Waals surface area contributed by atoms with Gasteiger partial charge >= 0.3 is 0 Å². The van der Waals surface area contributed by atoms with Gasteiger partial charge in [0.05, 0.1) is 7.11 Å². The summed E-state index contributed by atoms with van der Waals surface area (Å²) in [5, 5.41) is 5.61. The number of hydrogen-bond acceptors (Lipinski definition) is 3. The summed E-state index contributed by atoms with van der Waals surface area (Å²) >= 11 is 0. The Hall–Kier alpha value is -3.08. The molecular weight excluding hydrogens is 340 g/mol. The summed E-state index contributed by atoms with van der Waals surface area (Å²) in [5.41, 5.74) is 1.85. The van der Waals surface area contributed by atoms with Crippen molar-refractivity contribution in [3.63, 3.8) is 0 Å². The average Bonchev–Trinajstić information content (AvgIpc) is 2.69. The van der Waals surface area contributed by atoms with Crippen LogP contribution in [0.5, 0.6) is 5.75 Å². The van der Waals surface area contributed by atoms with Crippen molar-refractivity contribution >= 4 is 23.2 Å². The van der Waals surface area contributed by atoms with Crippen LogP contribution in [0.4, 0.5) is 11.4 Å². The zero-order valence-electron chi connectivity index (χ0n) is 15.8. The molecule has 27 heavy (non-hydrogen) atoms. The van der Waals surface area contributed by atoms with E-state index in [4.69, 9.17) is 4.74 Å². The molecule has 5 nitrogen and oxygen atoms in total. The summed E-state index contributed by atoms with van der Waals surface area (Å²) in [6.45, 7) is 2.15. The van der Waals surface area contributed by atoms with Crippen LogP contribution in [0, 0.1) is 0 Å². The lowest BCUT2D eigenvalue weighted by Crippen LogP contribution is -2.12. The molecule has 2 aromatic carbocycles. The number of hydrogen-bond donors (Lipinski definition) is 2. The van der Waals surface area contributed by atoms with Gasteiger partial charge in [-0.1, -0.05) is 25.8 Å². The molecule has 0 aliphatic heterocycles. The average molecular weight is 366 g/mol. The van der Waals surface area contributed by atoms with E-state index in [1.807, 2.05) is 6.08 Å². The van der Waals surface area contributed by atoms with Gasteiger partial charge in [-0.25, -0.2) is 0 Å². The van der Waals surface area contributed by atoms with E-state index in [-0.39, 0.29) is 11.8 Å². The lowest BCUT2D eigenvalue weighted by Gasteiger charge is -2.07. The van der Waals surface area contributed by atoms with Crippen LogP contribution in [-0.2, 0) is 4.79 Å². The highest BCUT2D eigenvalue weighted by Crippen LogP contribution is 2.17. The Bertz CT molecular complexity index is 765. The van der Waals surface area contributed by atoms with Gasteiger partial charge in [-0.15, -0.1) is 0 Å². The Kier molecular flexibility index (Phi) is 8.10. The molecule has 0 radical (unpaired) electrons. The fourth-order valence-corrected chi connectivity index (χ4v) is 2.47. The van der Waals surface area contributed by atoms with E-state index in [0.29, 0.717) is 16.9 Å². The maximum absolute atomic E-state index is 12.3. The number of nitrogens with one attached hydrogen (secondary N) is 2. The van der Waals surface area contributed by atoms with Gasteiger partial charge in [-0.3, -0.25) is 9.59 Å². The van der Waals surface area contributed by atoms with Gasteiger partial charge in [0.15, 0.2) is 0 Å². The van der Waals surface area contributed by atoms with Crippen molar-refractivity contribution in [2.75, 3.05) is 17.7 Å². The first-order chi connectivity index (χ1) is 13.1. The van der Waals surface area contributed by atoms with Gasteiger partial charge in [0.25, 0.3) is 5.91 Å². The van der Waals surface area contributed by atoms with Crippen LogP contribution in [0.3, 0.4) is 0 Å². The molecule has 2 aromatic rings. The Morgan fingerprint density at radius 3 is 2.19 bits per heavy atom. The zero-order valence-corrected chi connectivity index (χ0v) is 15.8. The molecule has 5 heteroatoms. The molecule has 0 aromatic heterocycles. The molecule has 0 spiro atoms. The maximum Gasteiger partial charge on any atom is 0.255 e. The van der Waals surface area contributed by atoms with E-state index in [0.717, 1.165) is 18.6 Å². The highest BCUT2D eigenvalue weighted by Gasteiger charge is 2.07. The fourth-order valence-electron chi connectivity index (χ4n) is 2.47. The molecule has 0 atom stereocenters. The van der Waals surface area contributed by atoms with Gasteiger partial charge in [0.2, 0.25) is 5.91 Å². The number of carbonyl (C=O) groups excluding carboxylic acids is 2. The number of anilines is 2. The van der Waals surface area contributed by atoms with Gasteiger partial charge in [0, 0.05) is 16.9 Å². The summed E-state index contributed by atoms with van der Waals surface area (Å²) in [6.07, 6.45) is 7.79. The number of amides is 2. The van der Waals surface area contributed by atoms with Crippen LogP contribution in [0.2, 0.25) is 0 Å². The lowest BCUT2D eigenvalue weighted by molar-refractivity contribution is -0.111. The fraction of sp³-hybridized carbons (Fsp3) is 0.273. The molecule has 142 valence electrons. The molecule has 0 aliphatic carbocycles. The molecule has 2 amide bonds. The number of benzene rings is 2. The summed E-state index contributed by atoms with van der Waals surface area (Å²) in [5.74, 6) is 0.350. The molecule has 0 aliphatic rings. The van der Waals surface area contributed by atoms with Crippen molar-refractivity contribution < 1.29 is 14.3 Å². The second-order valence-corrected chi connectivity index (χ2v) is 6.15. The first kappa shape index (κ1) is 20.2. The number of rotatable bonds is 9. The van der Waals surface area contributed by atoms with Crippen molar-refractivity contribution in [2.45, 2.75) is 32.6 Å². The third kappa shape index (κ3) is 6.98. The maximum atomic E-state index is 12.3. The molecule has 2 rings (SSSR count). The first-order valence-corrected chi connectivity index (χ1v) is 9.15. The zero-order chi connectivity index (χ0) is 19.5. The van der Waals surface area contributed by atoms with Crippen LogP contribution >= 0.6 is 0 Å². The van der Waals surface area contributed by atoms with Gasteiger partial charge in [-0.2, -0.15) is 0 Å². The smallest absolute Gasteiger partial charge is 0.255 e. The monoisotopic (exact) mass is 366 g/mol. The number of allylic oxidation sites excluding steroid dienone is 1. The topological polar surface area (TPSA) is 67.4 Å².